The average molecular weight is 814 g/mol. The molecule has 14 heteroatoms. The van der Waals surface area contributed by atoms with Gasteiger partial charge in [0.15, 0.2) is 11.8 Å². The quantitative estimate of drug-likeness (QED) is 0.199. The molecule has 7 aliphatic rings. The van der Waals surface area contributed by atoms with E-state index < -0.39 is 77.1 Å². The fourth-order valence-corrected chi connectivity index (χ4v) is 10.3. The highest BCUT2D eigenvalue weighted by molar-refractivity contribution is 5.94. The summed E-state index contributed by atoms with van der Waals surface area (Å²) in [6.45, 7) is 5.12. The molecule has 1 spiro atoms. The highest BCUT2D eigenvalue weighted by Crippen LogP contribution is 2.58. The summed E-state index contributed by atoms with van der Waals surface area (Å²) < 4.78 is 30.9. The number of fused-ring (bicyclic) bond motifs is 6. The molecule has 2 aromatic rings. The van der Waals surface area contributed by atoms with Crippen LogP contribution in [0.4, 0.5) is 0 Å². The molecule has 10 atom stereocenters. The second-order valence-corrected chi connectivity index (χ2v) is 18.3. The lowest BCUT2D eigenvalue weighted by Gasteiger charge is -2.48. The van der Waals surface area contributed by atoms with Crippen molar-refractivity contribution in [1.29, 1.82) is 0 Å². The Morgan fingerprint density at radius 3 is 2.47 bits per heavy atom. The van der Waals surface area contributed by atoms with Crippen molar-refractivity contribution in [2.75, 3.05) is 13.2 Å². The predicted molar refractivity (Wildman–Crippen MR) is 211 cm³/mol. The first-order chi connectivity index (χ1) is 28.3. The largest absolute Gasteiger partial charge is 0.460 e. The molecule has 6 fully saturated rings. The zero-order valence-electron chi connectivity index (χ0n) is 33.9. The maximum atomic E-state index is 14.8. The summed E-state index contributed by atoms with van der Waals surface area (Å²) in [6.07, 6.45) is 6.66. The molecular weight excluding hydrogens is 759 g/mol. The van der Waals surface area contributed by atoms with Crippen LogP contribution in [0.25, 0.3) is 6.08 Å². The van der Waals surface area contributed by atoms with Crippen LogP contribution in [0.15, 0.2) is 54.6 Å². The first-order valence-electron chi connectivity index (χ1n) is 21.2. The number of nitrogens with zero attached hydrogens (tertiary/aromatic N) is 1. The van der Waals surface area contributed by atoms with Gasteiger partial charge in [-0.15, -0.1) is 0 Å². The van der Waals surface area contributed by atoms with Crippen LogP contribution in [0.1, 0.15) is 88.0 Å². The second-order valence-electron chi connectivity index (χ2n) is 18.3. The van der Waals surface area contributed by atoms with Gasteiger partial charge in [-0.2, -0.15) is 5.06 Å². The van der Waals surface area contributed by atoms with Crippen molar-refractivity contribution < 1.29 is 52.8 Å². The lowest BCUT2D eigenvalue weighted by atomic mass is 9.62. The number of aliphatic hydroxyl groups is 1. The van der Waals surface area contributed by atoms with Gasteiger partial charge in [0, 0.05) is 38.6 Å². The number of aliphatic hydroxyl groups excluding tert-OH is 1. The number of epoxide rings is 1. The molecule has 4 aliphatic heterocycles. The highest BCUT2D eigenvalue weighted by atomic mass is 16.8. The van der Waals surface area contributed by atoms with E-state index in [1.54, 1.807) is 25.8 Å². The third-order valence-corrected chi connectivity index (χ3v) is 13.0. The molecular formula is C45H55N3O11. The van der Waals surface area contributed by atoms with Crippen LogP contribution in [-0.4, -0.2) is 107 Å². The summed E-state index contributed by atoms with van der Waals surface area (Å²) in [4.78, 5) is 61.1. The lowest BCUT2D eigenvalue weighted by molar-refractivity contribution is -0.217. The zero-order valence-corrected chi connectivity index (χ0v) is 33.9. The Bertz CT molecular complexity index is 1970. The van der Waals surface area contributed by atoms with Crippen molar-refractivity contribution in [2.45, 2.75) is 145 Å². The number of rotatable bonds is 13. The number of carbonyl (C=O) groups excluding carboxylic acids is 4. The van der Waals surface area contributed by atoms with E-state index in [1.165, 1.54) is 0 Å². The van der Waals surface area contributed by atoms with Crippen molar-refractivity contribution in [3.05, 3.63) is 76.9 Å². The molecule has 0 aromatic heterocycles. The van der Waals surface area contributed by atoms with Crippen molar-refractivity contribution in [3.63, 3.8) is 0 Å². The number of ether oxygens (including phenoxy) is 5. The van der Waals surface area contributed by atoms with Crippen molar-refractivity contribution in [2.24, 2.45) is 11.3 Å². The van der Waals surface area contributed by atoms with Gasteiger partial charge in [-0.05, 0) is 74.6 Å². The summed E-state index contributed by atoms with van der Waals surface area (Å²) in [5, 5.41) is 17.2. The lowest BCUT2D eigenvalue weighted by Crippen LogP contribution is -2.69. The minimum Gasteiger partial charge on any atom is -0.460 e. The second kappa shape index (κ2) is 15.7. The molecule has 2 saturated carbocycles. The zero-order chi connectivity index (χ0) is 41.1. The molecule has 4 heterocycles. The Morgan fingerprint density at radius 1 is 0.983 bits per heavy atom. The number of hydroxylamine groups is 2. The topological polar surface area (TPSA) is 174 Å². The summed E-state index contributed by atoms with van der Waals surface area (Å²) in [5.74, 6) is -2.40. The van der Waals surface area contributed by atoms with E-state index in [-0.39, 0.29) is 45.4 Å². The maximum Gasteiger partial charge on any atom is 0.327 e. The molecule has 59 heavy (non-hydrogen) atoms. The number of hydrogen-bond acceptors (Lipinski definition) is 12. The van der Waals surface area contributed by atoms with Gasteiger partial charge in [-0.25, -0.2) is 0 Å². The van der Waals surface area contributed by atoms with Gasteiger partial charge >= 0.3 is 11.9 Å². The molecule has 4 saturated heterocycles. The van der Waals surface area contributed by atoms with Gasteiger partial charge in [0.1, 0.15) is 35.4 Å². The summed E-state index contributed by atoms with van der Waals surface area (Å²) in [6, 6.07) is 14.3. The number of benzene rings is 2. The summed E-state index contributed by atoms with van der Waals surface area (Å²) in [5.41, 5.74) is 2.11. The Balaban J connectivity index is 0.932. The summed E-state index contributed by atoms with van der Waals surface area (Å²) in [7, 11) is 0. The number of hydrogen-bond donors (Lipinski definition) is 3. The van der Waals surface area contributed by atoms with Crippen LogP contribution in [0.3, 0.4) is 0 Å². The Kier molecular flexibility index (Phi) is 10.7. The van der Waals surface area contributed by atoms with E-state index in [0.717, 1.165) is 41.5 Å². The predicted octanol–water partition coefficient (Wildman–Crippen LogP) is 3.45. The monoisotopic (exact) mass is 813 g/mol. The van der Waals surface area contributed by atoms with Crippen LogP contribution in [-0.2, 0) is 67.1 Å². The molecule has 2 amide bonds. The Labute approximate surface area is 344 Å². The number of nitrogens with one attached hydrogen (secondary N) is 2. The molecule has 2 bridgehead atoms. The number of carbonyl (C=O) groups is 4. The third-order valence-electron chi connectivity index (χ3n) is 13.0. The molecule has 3 aliphatic carbocycles. The molecule has 0 radical (unpaired) electrons. The number of amides is 2. The molecule has 14 nitrogen and oxygen atoms in total. The highest BCUT2D eigenvalue weighted by Gasteiger charge is 2.76. The molecule has 3 N–H and O–H groups in total. The van der Waals surface area contributed by atoms with E-state index >= 15 is 0 Å². The SMILES string of the molecule is CC(C)(C)OC(=O)CCC(CO)NC(=O)CCNC(=O)C12CC3OC(=O)C1N(Cc1ccccc1C=CC1CCC4OC4C1)OC2C1OC2(Cc4ccccc4C2)OC31. The minimum absolute atomic E-state index is 0.0252. The van der Waals surface area contributed by atoms with Gasteiger partial charge in [-0.3, -0.25) is 24.0 Å². The van der Waals surface area contributed by atoms with E-state index in [0.29, 0.717) is 31.0 Å². The molecule has 10 unspecified atom stereocenters. The van der Waals surface area contributed by atoms with Crippen LogP contribution in [0, 0.1) is 11.3 Å². The number of esters is 2. The number of allylic oxidation sites excluding steroid dienone is 1. The molecule has 9 rings (SSSR count). The van der Waals surface area contributed by atoms with Crippen LogP contribution >= 0.6 is 0 Å². The van der Waals surface area contributed by atoms with Gasteiger partial charge < -0.3 is 39.4 Å². The van der Waals surface area contributed by atoms with Crippen molar-refractivity contribution in [3.8, 4) is 0 Å². The Morgan fingerprint density at radius 2 is 1.73 bits per heavy atom. The van der Waals surface area contributed by atoms with Gasteiger partial charge in [0.2, 0.25) is 11.8 Å². The smallest absolute Gasteiger partial charge is 0.327 e. The van der Waals surface area contributed by atoms with Gasteiger partial charge in [0.25, 0.3) is 0 Å². The normalized spacial score (nSPS) is 32.8. The summed E-state index contributed by atoms with van der Waals surface area (Å²) >= 11 is 0. The van der Waals surface area contributed by atoms with Gasteiger partial charge in [0.05, 0.1) is 31.4 Å². The van der Waals surface area contributed by atoms with E-state index in [1.807, 2.05) is 36.4 Å². The van der Waals surface area contributed by atoms with E-state index in [4.69, 9.17) is 28.5 Å². The molecule has 316 valence electrons. The van der Waals surface area contributed by atoms with Gasteiger partial charge in [-0.1, -0.05) is 60.7 Å². The minimum atomic E-state index is -1.41. The fraction of sp³-hybridized carbons (Fsp3) is 0.600. The third kappa shape index (κ3) is 7.95. The van der Waals surface area contributed by atoms with E-state index in [9.17, 15) is 24.3 Å². The maximum absolute atomic E-state index is 14.8. The van der Waals surface area contributed by atoms with Crippen molar-refractivity contribution in [1.82, 2.24) is 15.7 Å². The Hall–Kier alpha value is -4.18. The first kappa shape index (κ1) is 40.2. The van der Waals surface area contributed by atoms with E-state index in [2.05, 4.69) is 34.9 Å². The van der Waals surface area contributed by atoms with Crippen molar-refractivity contribution >= 4 is 29.8 Å². The van der Waals surface area contributed by atoms with Crippen LogP contribution < -0.4 is 10.6 Å². The fourth-order valence-electron chi connectivity index (χ4n) is 10.3. The standard InChI is InChI=1S/C45H55N3O11/c1-43(2,3)56-36(51)17-15-31(25-49)47-35(50)18-19-46-42(53)45-23-34-37-38(58-44(57-37)21-28-9-5-6-10-29(28)22-44)40(45)59-48(39(45)41(52)55-34)24-30-11-7-4-8-27(30)14-12-26-13-16-32-33(20-26)54-32/h4-12,14,26,31-34,37-40,49H,13,15-25H2,1-3H3,(H,46,53)(H,47,50). The molecule has 2 aromatic carbocycles. The van der Waals surface area contributed by atoms with Crippen LogP contribution in [0.5, 0.6) is 0 Å². The van der Waals surface area contributed by atoms with Crippen LogP contribution in [0.2, 0.25) is 0 Å². The first-order valence-corrected chi connectivity index (χ1v) is 21.2. The average Bonchev–Trinajstić information content (AvgIpc) is 3.54.